The van der Waals surface area contributed by atoms with E-state index in [9.17, 15) is 9.59 Å². The number of nitrogens with zero attached hydrogens (tertiary/aromatic N) is 2. The number of hydrogen-bond donors (Lipinski definition) is 1. The van der Waals surface area contributed by atoms with Gasteiger partial charge in [-0.1, -0.05) is 72.8 Å². The molecule has 1 heterocycles. The first-order chi connectivity index (χ1) is 18.6. The van der Waals surface area contributed by atoms with E-state index in [1.165, 1.54) is 0 Å². The van der Waals surface area contributed by atoms with Gasteiger partial charge in [-0.15, -0.1) is 0 Å². The number of rotatable bonds is 11. The van der Waals surface area contributed by atoms with Crippen LogP contribution < -0.4 is 14.8 Å². The summed E-state index contributed by atoms with van der Waals surface area (Å²) in [6.45, 7) is 0.575. The molecule has 0 fully saturated rings. The van der Waals surface area contributed by atoms with Gasteiger partial charge in [0.2, 0.25) is 11.8 Å². The zero-order valence-electron chi connectivity index (χ0n) is 21.5. The van der Waals surface area contributed by atoms with Crippen LogP contribution in [0.4, 0.5) is 0 Å². The van der Waals surface area contributed by atoms with E-state index in [-0.39, 0.29) is 24.8 Å². The van der Waals surface area contributed by atoms with Crippen molar-refractivity contribution in [3.8, 4) is 11.5 Å². The van der Waals surface area contributed by atoms with Crippen LogP contribution in [0, 0.1) is 0 Å². The summed E-state index contributed by atoms with van der Waals surface area (Å²) in [4.78, 5) is 33.4. The summed E-state index contributed by atoms with van der Waals surface area (Å²) in [6, 6.07) is 27.3. The van der Waals surface area contributed by atoms with Crippen LogP contribution in [0.2, 0.25) is 0 Å². The van der Waals surface area contributed by atoms with Crippen molar-refractivity contribution in [3.63, 3.8) is 0 Å². The summed E-state index contributed by atoms with van der Waals surface area (Å²) in [5.74, 6) is 0.672. The molecule has 1 aromatic heterocycles. The molecule has 1 atom stereocenters. The number of methoxy groups -OCH3 is 2. The third-order valence-electron chi connectivity index (χ3n) is 6.18. The van der Waals surface area contributed by atoms with Gasteiger partial charge in [0.1, 0.15) is 6.04 Å². The Morgan fingerprint density at radius 2 is 1.50 bits per heavy atom. The molecule has 0 unspecified atom stereocenters. The third kappa shape index (κ3) is 6.76. The molecule has 38 heavy (non-hydrogen) atoms. The van der Waals surface area contributed by atoms with Crippen LogP contribution >= 0.6 is 0 Å². The molecular formula is C31H31N3O4. The number of nitrogens with one attached hydrogen (secondary N) is 1. The first-order valence-electron chi connectivity index (χ1n) is 12.3. The molecule has 194 valence electrons. The molecule has 0 spiro atoms. The molecule has 4 aromatic rings. The lowest BCUT2D eigenvalue weighted by atomic mass is 10.0. The Bertz CT molecular complexity index is 1330. The lowest BCUT2D eigenvalue weighted by molar-refractivity contribution is -0.141. The van der Waals surface area contributed by atoms with Crippen LogP contribution in [-0.4, -0.2) is 35.9 Å². The zero-order valence-corrected chi connectivity index (χ0v) is 21.5. The number of hydrogen-bond acceptors (Lipinski definition) is 5. The Morgan fingerprint density at radius 3 is 2.16 bits per heavy atom. The van der Waals surface area contributed by atoms with Crippen molar-refractivity contribution in [2.45, 2.75) is 25.6 Å². The molecule has 0 aliphatic rings. The highest BCUT2D eigenvalue weighted by Crippen LogP contribution is 2.29. The van der Waals surface area contributed by atoms with Crippen molar-refractivity contribution < 1.29 is 19.1 Å². The van der Waals surface area contributed by atoms with Crippen LogP contribution in [0.3, 0.4) is 0 Å². The lowest BCUT2D eigenvalue weighted by Crippen LogP contribution is -2.43. The van der Waals surface area contributed by atoms with E-state index < -0.39 is 6.04 Å². The second kappa shape index (κ2) is 13.1. The summed E-state index contributed by atoms with van der Waals surface area (Å²) in [7, 11) is 3.13. The van der Waals surface area contributed by atoms with Gasteiger partial charge in [-0.05, 0) is 40.5 Å². The summed E-state index contributed by atoms with van der Waals surface area (Å²) >= 11 is 0. The molecule has 0 saturated heterocycles. The molecule has 0 aliphatic carbocycles. The molecule has 1 N–H and O–H groups in total. The maximum atomic E-state index is 13.9. The van der Waals surface area contributed by atoms with Gasteiger partial charge in [0.15, 0.2) is 11.5 Å². The van der Waals surface area contributed by atoms with Crippen LogP contribution in [0.25, 0.3) is 0 Å². The molecule has 0 aliphatic heterocycles. The molecule has 4 rings (SSSR count). The van der Waals surface area contributed by atoms with Crippen molar-refractivity contribution in [1.29, 1.82) is 0 Å². The standard InChI is InChI=1S/C31H31N3O4/c1-37-27-16-15-24(18-28(27)38-2)19-29(35)34(22-23-10-5-3-6-11-23)30(26-13-7-4-8-14-26)31(36)33-21-25-12-9-17-32-20-25/h3-18,20,30H,19,21-22H2,1-2H3,(H,33,36)/t30-/m1/s1. The van der Waals surface area contributed by atoms with E-state index >= 15 is 0 Å². The van der Waals surface area contributed by atoms with Crippen LogP contribution in [0.1, 0.15) is 28.3 Å². The average molecular weight is 510 g/mol. The van der Waals surface area contributed by atoms with E-state index in [0.29, 0.717) is 18.0 Å². The Morgan fingerprint density at radius 1 is 0.816 bits per heavy atom. The van der Waals surface area contributed by atoms with E-state index in [1.54, 1.807) is 43.6 Å². The van der Waals surface area contributed by atoms with Crippen molar-refractivity contribution in [1.82, 2.24) is 15.2 Å². The molecule has 7 heteroatoms. The molecular weight excluding hydrogens is 478 g/mol. The predicted octanol–water partition coefficient (Wildman–Crippen LogP) is 4.73. The van der Waals surface area contributed by atoms with Gasteiger partial charge in [-0.3, -0.25) is 14.6 Å². The molecule has 0 radical (unpaired) electrons. The number of benzene rings is 3. The van der Waals surface area contributed by atoms with Gasteiger partial charge in [0, 0.05) is 25.5 Å². The smallest absolute Gasteiger partial charge is 0.247 e. The highest BCUT2D eigenvalue weighted by Gasteiger charge is 2.31. The van der Waals surface area contributed by atoms with Crippen molar-refractivity contribution in [3.05, 3.63) is 126 Å². The van der Waals surface area contributed by atoms with Gasteiger partial charge in [-0.2, -0.15) is 0 Å². The Hall–Kier alpha value is -4.65. The van der Waals surface area contributed by atoms with Crippen LogP contribution in [-0.2, 0) is 29.1 Å². The monoisotopic (exact) mass is 509 g/mol. The first kappa shape index (κ1) is 26.4. The lowest BCUT2D eigenvalue weighted by Gasteiger charge is -2.32. The first-order valence-corrected chi connectivity index (χ1v) is 12.3. The molecule has 3 aromatic carbocycles. The van der Waals surface area contributed by atoms with E-state index in [4.69, 9.17) is 9.47 Å². The van der Waals surface area contributed by atoms with Crippen molar-refractivity contribution >= 4 is 11.8 Å². The fourth-order valence-corrected chi connectivity index (χ4v) is 4.27. The fourth-order valence-electron chi connectivity index (χ4n) is 4.27. The van der Waals surface area contributed by atoms with Crippen LogP contribution in [0.15, 0.2) is 103 Å². The quantitative estimate of drug-likeness (QED) is 0.316. The largest absolute Gasteiger partial charge is 0.493 e. The van der Waals surface area contributed by atoms with Gasteiger partial charge >= 0.3 is 0 Å². The SMILES string of the molecule is COc1ccc(CC(=O)N(Cc2ccccc2)[C@@H](C(=O)NCc2cccnc2)c2ccccc2)cc1OC. The molecule has 7 nitrogen and oxygen atoms in total. The number of carbonyl (C=O) groups is 2. The molecule has 0 bridgehead atoms. The van der Waals surface area contributed by atoms with Gasteiger partial charge < -0.3 is 19.7 Å². The fraction of sp³-hybridized carbons (Fsp3) is 0.194. The zero-order chi connectivity index (χ0) is 26.7. The van der Waals surface area contributed by atoms with E-state index in [0.717, 1.165) is 22.3 Å². The summed E-state index contributed by atoms with van der Waals surface area (Å²) in [5.41, 5.74) is 3.29. The van der Waals surface area contributed by atoms with Gasteiger partial charge in [-0.25, -0.2) is 0 Å². The topological polar surface area (TPSA) is 80.8 Å². The molecule has 0 saturated carbocycles. The summed E-state index contributed by atoms with van der Waals surface area (Å²) < 4.78 is 10.8. The van der Waals surface area contributed by atoms with E-state index in [1.807, 2.05) is 78.9 Å². The Kier molecular flexibility index (Phi) is 9.07. The minimum atomic E-state index is -0.833. The number of carbonyl (C=O) groups excluding carboxylic acids is 2. The third-order valence-corrected chi connectivity index (χ3v) is 6.18. The number of pyridine rings is 1. The highest BCUT2D eigenvalue weighted by molar-refractivity contribution is 5.89. The minimum Gasteiger partial charge on any atom is -0.493 e. The van der Waals surface area contributed by atoms with Gasteiger partial charge in [0.25, 0.3) is 0 Å². The highest BCUT2D eigenvalue weighted by atomic mass is 16.5. The summed E-state index contributed by atoms with van der Waals surface area (Å²) in [5, 5.41) is 3.01. The second-order valence-electron chi connectivity index (χ2n) is 8.77. The number of ether oxygens (including phenoxy) is 2. The van der Waals surface area contributed by atoms with Gasteiger partial charge in [0.05, 0.1) is 20.6 Å². The average Bonchev–Trinajstić information content (AvgIpc) is 2.97. The number of aromatic nitrogens is 1. The Labute approximate surface area is 223 Å². The molecule has 2 amide bonds. The maximum Gasteiger partial charge on any atom is 0.247 e. The second-order valence-corrected chi connectivity index (χ2v) is 8.77. The van der Waals surface area contributed by atoms with Crippen molar-refractivity contribution in [2.75, 3.05) is 14.2 Å². The summed E-state index contributed by atoms with van der Waals surface area (Å²) in [6.07, 6.45) is 3.49. The van der Waals surface area contributed by atoms with E-state index in [2.05, 4.69) is 10.3 Å². The predicted molar refractivity (Wildman–Crippen MR) is 146 cm³/mol. The van der Waals surface area contributed by atoms with Crippen LogP contribution in [0.5, 0.6) is 11.5 Å². The normalized spacial score (nSPS) is 11.3. The minimum absolute atomic E-state index is 0.0897. The maximum absolute atomic E-state index is 13.9. The number of amides is 2. The van der Waals surface area contributed by atoms with Crippen molar-refractivity contribution in [2.24, 2.45) is 0 Å². The Balaban J connectivity index is 1.67.